The largest absolute Gasteiger partial charge is 0.478 e. The molecule has 2 aromatic rings. The summed E-state index contributed by atoms with van der Waals surface area (Å²) in [5, 5.41) is 8.92. The summed E-state index contributed by atoms with van der Waals surface area (Å²) in [7, 11) is 0. The van der Waals surface area contributed by atoms with Gasteiger partial charge in [-0.15, -0.1) is 0 Å². The van der Waals surface area contributed by atoms with Crippen LogP contribution in [0.5, 0.6) is 11.5 Å². The molecule has 7 heteroatoms. The van der Waals surface area contributed by atoms with Gasteiger partial charge in [0.1, 0.15) is 5.75 Å². The quantitative estimate of drug-likeness (QED) is 0.656. The second kappa shape index (κ2) is 5.46. The van der Waals surface area contributed by atoms with E-state index in [0.717, 1.165) is 12.1 Å². The number of carboxylic acid groups (broad SMARTS) is 1. The van der Waals surface area contributed by atoms with E-state index in [2.05, 4.69) is 15.9 Å². The molecule has 0 aromatic heterocycles. The van der Waals surface area contributed by atoms with Crippen LogP contribution in [0.4, 0.5) is 14.5 Å². The van der Waals surface area contributed by atoms with E-state index in [9.17, 15) is 13.6 Å². The summed E-state index contributed by atoms with van der Waals surface area (Å²) in [5.74, 6) is -3.74. The summed E-state index contributed by atoms with van der Waals surface area (Å²) in [6, 6.07) is 5.92. The lowest BCUT2D eigenvalue weighted by Crippen LogP contribution is -2.03. The summed E-state index contributed by atoms with van der Waals surface area (Å²) in [6.07, 6.45) is 0. The molecule has 0 saturated heterocycles. The second-order valence-electron chi connectivity index (χ2n) is 3.83. The minimum absolute atomic E-state index is 0.0278. The van der Waals surface area contributed by atoms with Gasteiger partial charge in [-0.3, -0.25) is 0 Å². The highest BCUT2D eigenvalue weighted by Crippen LogP contribution is 2.32. The van der Waals surface area contributed by atoms with Gasteiger partial charge in [0, 0.05) is 5.69 Å². The fourth-order valence-corrected chi connectivity index (χ4v) is 1.82. The Hall–Kier alpha value is -2.15. The first kappa shape index (κ1) is 14.3. The SMILES string of the molecule is Nc1ccc(Oc2c(F)ccc(Br)c2F)cc1C(=O)O. The lowest BCUT2D eigenvalue weighted by Gasteiger charge is -2.10. The summed E-state index contributed by atoms with van der Waals surface area (Å²) < 4.78 is 32.4. The van der Waals surface area contributed by atoms with E-state index in [1.807, 2.05) is 0 Å². The first-order valence-electron chi connectivity index (χ1n) is 5.34. The van der Waals surface area contributed by atoms with Gasteiger partial charge >= 0.3 is 5.97 Å². The number of nitrogen functional groups attached to an aromatic ring is 1. The third-order valence-electron chi connectivity index (χ3n) is 2.48. The van der Waals surface area contributed by atoms with E-state index in [1.54, 1.807) is 0 Å². The highest BCUT2D eigenvalue weighted by atomic mass is 79.9. The number of carboxylic acids is 1. The number of benzene rings is 2. The number of rotatable bonds is 3. The minimum Gasteiger partial charge on any atom is -0.478 e. The van der Waals surface area contributed by atoms with E-state index in [1.165, 1.54) is 18.2 Å². The normalized spacial score (nSPS) is 10.3. The summed E-state index contributed by atoms with van der Waals surface area (Å²) in [4.78, 5) is 10.9. The maximum Gasteiger partial charge on any atom is 0.337 e. The Bertz CT molecular complexity index is 692. The van der Waals surface area contributed by atoms with Gasteiger partial charge in [0.25, 0.3) is 0 Å². The molecule has 104 valence electrons. The molecule has 3 N–H and O–H groups in total. The molecule has 0 bridgehead atoms. The van der Waals surface area contributed by atoms with Crippen LogP contribution in [0.2, 0.25) is 0 Å². The molecule has 0 fully saturated rings. The lowest BCUT2D eigenvalue weighted by molar-refractivity contribution is 0.0697. The van der Waals surface area contributed by atoms with Gasteiger partial charge in [0.15, 0.2) is 17.4 Å². The summed E-state index contributed by atoms with van der Waals surface area (Å²) >= 11 is 2.91. The molecule has 4 nitrogen and oxygen atoms in total. The van der Waals surface area contributed by atoms with Gasteiger partial charge in [-0.1, -0.05) is 0 Å². The molecule has 2 rings (SSSR count). The van der Waals surface area contributed by atoms with E-state index in [0.29, 0.717) is 0 Å². The topological polar surface area (TPSA) is 72.5 Å². The van der Waals surface area contributed by atoms with Crippen molar-refractivity contribution in [3.8, 4) is 11.5 Å². The van der Waals surface area contributed by atoms with Crippen molar-refractivity contribution < 1.29 is 23.4 Å². The van der Waals surface area contributed by atoms with E-state index in [4.69, 9.17) is 15.6 Å². The first-order valence-corrected chi connectivity index (χ1v) is 6.13. The number of halogens is 3. The molecule has 0 spiro atoms. The van der Waals surface area contributed by atoms with Crippen LogP contribution in [0.15, 0.2) is 34.8 Å². The number of nitrogens with two attached hydrogens (primary N) is 1. The molecule has 0 aliphatic heterocycles. The Morgan fingerprint density at radius 3 is 2.60 bits per heavy atom. The third kappa shape index (κ3) is 2.72. The van der Waals surface area contributed by atoms with Gasteiger partial charge in [-0.05, 0) is 46.3 Å². The summed E-state index contributed by atoms with van der Waals surface area (Å²) in [5.41, 5.74) is 5.29. The van der Waals surface area contributed by atoms with Gasteiger partial charge < -0.3 is 15.6 Å². The van der Waals surface area contributed by atoms with Crippen LogP contribution in [-0.2, 0) is 0 Å². The number of hydrogen-bond acceptors (Lipinski definition) is 3. The van der Waals surface area contributed by atoms with Crippen molar-refractivity contribution in [3.05, 3.63) is 52.0 Å². The molecule has 0 heterocycles. The Morgan fingerprint density at radius 2 is 1.95 bits per heavy atom. The highest BCUT2D eigenvalue weighted by molar-refractivity contribution is 9.10. The predicted octanol–water partition coefficient (Wildman–Crippen LogP) is 3.80. The number of aromatic carboxylic acids is 1. The number of carbonyl (C=O) groups is 1. The number of anilines is 1. The molecule has 0 atom stereocenters. The number of ether oxygens (including phenoxy) is 1. The van der Waals surface area contributed by atoms with Crippen molar-refractivity contribution in [2.75, 3.05) is 5.73 Å². The van der Waals surface area contributed by atoms with Crippen molar-refractivity contribution in [1.82, 2.24) is 0 Å². The molecule has 0 saturated carbocycles. The molecule has 20 heavy (non-hydrogen) atoms. The lowest BCUT2D eigenvalue weighted by atomic mass is 10.2. The van der Waals surface area contributed by atoms with Crippen LogP contribution >= 0.6 is 15.9 Å². The molecule has 0 amide bonds. The highest BCUT2D eigenvalue weighted by Gasteiger charge is 2.16. The molecular formula is C13H8BrF2NO3. The standard InChI is InChI=1S/C13H8BrF2NO3/c14-8-2-3-9(15)12(11(8)16)20-6-1-4-10(17)7(5-6)13(18)19/h1-5H,17H2,(H,18,19). The zero-order valence-corrected chi connectivity index (χ0v) is 11.4. The maximum absolute atomic E-state index is 13.7. The van der Waals surface area contributed by atoms with Crippen LogP contribution < -0.4 is 10.5 Å². The van der Waals surface area contributed by atoms with Gasteiger partial charge in [0.05, 0.1) is 10.0 Å². The smallest absolute Gasteiger partial charge is 0.337 e. The van der Waals surface area contributed by atoms with Gasteiger partial charge in [-0.25, -0.2) is 13.6 Å². The third-order valence-corrected chi connectivity index (χ3v) is 3.09. The average molecular weight is 344 g/mol. The molecular weight excluding hydrogens is 336 g/mol. The van der Waals surface area contributed by atoms with Crippen LogP contribution in [0, 0.1) is 11.6 Å². The first-order chi connectivity index (χ1) is 9.40. The van der Waals surface area contributed by atoms with E-state index in [-0.39, 0.29) is 21.5 Å². The average Bonchev–Trinajstić information content (AvgIpc) is 2.40. The Balaban J connectivity index is 2.43. The van der Waals surface area contributed by atoms with Crippen molar-refractivity contribution in [2.45, 2.75) is 0 Å². The summed E-state index contributed by atoms with van der Waals surface area (Å²) in [6.45, 7) is 0. The minimum atomic E-state index is -1.26. The van der Waals surface area contributed by atoms with Gasteiger partial charge in [-0.2, -0.15) is 0 Å². The zero-order valence-electron chi connectivity index (χ0n) is 9.86. The van der Waals surface area contributed by atoms with E-state index >= 15 is 0 Å². The zero-order chi connectivity index (χ0) is 14.9. The Morgan fingerprint density at radius 1 is 1.25 bits per heavy atom. The van der Waals surface area contributed by atoms with Crippen molar-refractivity contribution >= 4 is 27.6 Å². The van der Waals surface area contributed by atoms with Crippen LogP contribution in [-0.4, -0.2) is 11.1 Å². The van der Waals surface area contributed by atoms with E-state index < -0.39 is 23.4 Å². The van der Waals surface area contributed by atoms with Crippen LogP contribution in [0.25, 0.3) is 0 Å². The van der Waals surface area contributed by atoms with Crippen molar-refractivity contribution in [3.63, 3.8) is 0 Å². The Labute approximate surface area is 120 Å². The van der Waals surface area contributed by atoms with Gasteiger partial charge in [0.2, 0.25) is 0 Å². The fraction of sp³-hybridized carbons (Fsp3) is 0. The van der Waals surface area contributed by atoms with Crippen molar-refractivity contribution in [2.24, 2.45) is 0 Å². The number of hydrogen-bond donors (Lipinski definition) is 2. The fourth-order valence-electron chi connectivity index (χ4n) is 1.50. The van der Waals surface area contributed by atoms with Crippen molar-refractivity contribution in [1.29, 1.82) is 0 Å². The Kier molecular flexibility index (Phi) is 3.89. The molecule has 0 aliphatic rings. The van der Waals surface area contributed by atoms with Crippen LogP contribution in [0.3, 0.4) is 0 Å². The molecule has 0 radical (unpaired) electrons. The molecule has 2 aromatic carbocycles. The monoisotopic (exact) mass is 343 g/mol. The molecule has 0 unspecified atom stereocenters. The van der Waals surface area contributed by atoms with Crippen LogP contribution in [0.1, 0.15) is 10.4 Å². The maximum atomic E-state index is 13.7. The predicted molar refractivity (Wildman–Crippen MR) is 71.9 cm³/mol. The second-order valence-corrected chi connectivity index (χ2v) is 4.68. The molecule has 0 aliphatic carbocycles.